The van der Waals surface area contributed by atoms with Gasteiger partial charge in [0.25, 0.3) is 0 Å². The van der Waals surface area contributed by atoms with E-state index in [-0.39, 0.29) is 6.04 Å². The molecule has 15 heavy (non-hydrogen) atoms. The molecule has 1 heterocycles. The van der Waals surface area contributed by atoms with Gasteiger partial charge in [0.05, 0.1) is 10.7 Å². The first-order chi connectivity index (χ1) is 7.24. The summed E-state index contributed by atoms with van der Waals surface area (Å²) < 4.78 is 0. The molecule has 1 aromatic heterocycles. The number of aryl methyl sites for hydroxylation is 1. The molecule has 0 saturated heterocycles. The fourth-order valence-corrected chi connectivity index (χ4v) is 2.20. The predicted octanol–water partition coefficient (Wildman–Crippen LogP) is 3.59. The van der Waals surface area contributed by atoms with E-state index >= 15 is 0 Å². The monoisotopic (exact) mass is 224 g/mol. The van der Waals surface area contributed by atoms with Crippen molar-refractivity contribution in [3.8, 4) is 0 Å². The van der Waals surface area contributed by atoms with Crippen LogP contribution in [0, 0.1) is 6.92 Å². The van der Waals surface area contributed by atoms with Gasteiger partial charge in [0, 0.05) is 11.4 Å². The summed E-state index contributed by atoms with van der Waals surface area (Å²) in [6.45, 7) is 5.73. The van der Waals surface area contributed by atoms with Crippen molar-refractivity contribution in [2.24, 2.45) is 5.73 Å². The van der Waals surface area contributed by atoms with E-state index < -0.39 is 0 Å². The van der Waals surface area contributed by atoms with Gasteiger partial charge in [0.1, 0.15) is 0 Å². The SMILES string of the molecule is C=CCCCCCC(N)c1csc(C)n1. The highest BCUT2D eigenvalue weighted by molar-refractivity contribution is 7.09. The fourth-order valence-electron chi connectivity index (χ4n) is 1.53. The van der Waals surface area contributed by atoms with Crippen molar-refractivity contribution in [2.45, 2.75) is 45.1 Å². The molecule has 1 rings (SSSR count). The van der Waals surface area contributed by atoms with E-state index in [0.717, 1.165) is 23.5 Å². The van der Waals surface area contributed by atoms with Crippen LogP contribution < -0.4 is 5.73 Å². The first-order valence-electron chi connectivity index (χ1n) is 5.52. The molecule has 0 aliphatic heterocycles. The van der Waals surface area contributed by atoms with E-state index in [9.17, 15) is 0 Å². The van der Waals surface area contributed by atoms with Gasteiger partial charge in [-0.3, -0.25) is 0 Å². The third kappa shape index (κ3) is 4.58. The van der Waals surface area contributed by atoms with Crippen LogP contribution in [0.5, 0.6) is 0 Å². The lowest BCUT2D eigenvalue weighted by atomic mass is 10.1. The van der Waals surface area contributed by atoms with Crippen LogP contribution in [0.3, 0.4) is 0 Å². The standard InChI is InChI=1S/C12H20N2S/c1-3-4-5-6-7-8-11(13)12-9-15-10(2)14-12/h3,9,11H,1,4-8,13H2,2H3. The smallest absolute Gasteiger partial charge is 0.0898 e. The van der Waals surface area contributed by atoms with E-state index in [2.05, 4.69) is 16.9 Å². The van der Waals surface area contributed by atoms with Gasteiger partial charge in [-0.1, -0.05) is 18.9 Å². The maximum Gasteiger partial charge on any atom is 0.0898 e. The number of aromatic nitrogens is 1. The van der Waals surface area contributed by atoms with Crippen molar-refractivity contribution in [1.82, 2.24) is 4.98 Å². The third-order valence-corrected chi connectivity index (χ3v) is 3.23. The summed E-state index contributed by atoms with van der Waals surface area (Å²) in [5.74, 6) is 0. The lowest BCUT2D eigenvalue weighted by Gasteiger charge is -2.07. The molecule has 0 amide bonds. The van der Waals surface area contributed by atoms with Gasteiger partial charge in [0.15, 0.2) is 0 Å². The molecular weight excluding hydrogens is 204 g/mol. The highest BCUT2D eigenvalue weighted by Crippen LogP contribution is 2.19. The topological polar surface area (TPSA) is 38.9 Å². The molecule has 84 valence electrons. The minimum Gasteiger partial charge on any atom is -0.323 e. The van der Waals surface area contributed by atoms with Gasteiger partial charge >= 0.3 is 0 Å². The summed E-state index contributed by atoms with van der Waals surface area (Å²) in [4.78, 5) is 4.40. The lowest BCUT2D eigenvalue weighted by Crippen LogP contribution is -2.10. The Morgan fingerprint density at radius 2 is 2.33 bits per heavy atom. The molecule has 1 unspecified atom stereocenters. The summed E-state index contributed by atoms with van der Waals surface area (Å²) in [6.07, 6.45) is 7.79. The van der Waals surface area contributed by atoms with Crippen molar-refractivity contribution in [1.29, 1.82) is 0 Å². The molecule has 1 aromatic rings. The Labute approximate surface area is 96.2 Å². The molecule has 2 nitrogen and oxygen atoms in total. The van der Waals surface area contributed by atoms with Crippen molar-refractivity contribution in [3.05, 3.63) is 28.7 Å². The average molecular weight is 224 g/mol. The Morgan fingerprint density at radius 1 is 1.53 bits per heavy atom. The number of nitrogens with two attached hydrogens (primary N) is 1. The molecule has 0 fully saturated rings. The maximum atomic E-state index is 6.05. The molecule has 1 atom stereocenters. The predicted molar refractivity (Wildman–Crippen MR) is 67.1 cm³/mol. The van der Waals surface area contributed by atoms with E-state index in [1.54, 1.807) is 11.3 Å². The number of unbranched alkanes of at least 4 members (excludes halogenated alkanes) is 3. The maximum absolute atomic E-state index is 6.05. The number of rotatable bonds is 7. The summed E-state index contributed by atoms with van der Waals surface area (Å²) in [7, 11) is 0. The van der Waals surface area contributed by atoms with Crippen LogP contribution in [-0.2, 0) is 0 Å². The fraction of sp³-hybridized carbons (Fsp3) is 0.583. The molecule has 3 heteroatoms. The van der Waals surface area contributed by atoms with E-state index in [0.29, 0.717) is 0 Å². The molecule has 0 radical (unpaired) electrons. The van der Waals surface area contributed by atoms with Gasteiger partial charge in [0.2, 0.25) is 0 Å². The van der Waals surface area contributed by atoms with Gasteiger partial charge in [-0.05, 0) is 26.2 Å². The molecule has 0 aliphatic rings. The van der Waals surface area contributed by atoms with E-state index in [4.69, 9.17) is 5.73 Å². The van der Waals surface area contributed by atoms with E-state index in [1.165, 1.54) is 19.3 Å². The van der Waals surface area contributed by atoms with Crippen LogP contribution in [0.15, 0.2) is 18.0 Å². The molecule has 0 aromatic carbocycles. The molecule has 0 spiro atoms. The Morgan fingerprint density at radius 3 is 2.93 bits per heavy atom. The van der Waals surface area contributed by atoms with Crippen LogP contribution in [0.2, 0.25) is 0 Å². The van der Waals surface area contributed by atoms with Gasteiger partial charge in [-0.15, -0.1) is 17.9 Å². The number of hydrogen-bond acceptors (Lipinski definition) is 3. The number of hydrogen-bond donors (Lipinski definition) is 1. The quantitative estimate of drug-likeness (QED) is 0.568. The first-order valence-corrected chi connectivity index (χ1v) is 6.40. The minimum absolute atomic E-state index is 0.124. The highest BCUT2D eigenvalue weighted by Gasteiger charge is 2.08. The minimum atomic E-state index is 0.124. The number of allylic oxidation sites excluding steroid dienone is 1. The zero-order chi connectivity index (χ0) is 11.1. The average Bonchev–Trinajstić information content (AvgIpc) is 2.64. The normalized spacial score (nSPS) is 12.7. The molecule has 0 bridgehead atoms. The van der Waals surface area contributed by atoms with Crippen LogP contribution >= 0.6 is 11.3 Å². The molecular formula is C12H20N2S. The zero-order valence-electron chi connectivity index (χ0n) is 9.41. The summed E-state index contributed by atoms with van der Waals surface area (Å²) >= 11 is 1.68. The van der Waals surface area contributed by atoms with Crippen molar-refractivity contribution >= 4 is 11.3 Å². The van der Waals surface area contributed by atoms with Gasteiger partial charge < -0.3 is 5.73 Å². The molecule has 0 saturated carbocycles. The summed E-state index contributed by atoms with van der Waals surface area (Å²) in [5, 5.41) is 3.18. The zero-order valence-corrected chi connectivity index (χ0v) is 10.2. The summed E-state index contributed by atoms with van der Waals surface area (Å²) in [6, 6.07) is 0.124. The van der Waals surface area contributed by atoms with Crippen LogP contribution in [0.1, 0.15) is 48.8 Å². The largest absolute Gasteiger partial charge is 0.323 e. The highest BCUT2D eigenvalue weighted by atomic mass is 32.1. The van der Waals surface area contributed by atoms with Gasteiger partial charge in [-0.2, -0.15) is 0 Å². The van der Waals surface area contributed by atoms with Crippen LogP contribution in [-0.4, -0.2) is 4.98 Å². The van der Waals surface area contributed by atoms with Crippen molar-refractivity contribution < 1.29 is 0 Å². The van der Waals surface area contributed by atoms with Crippen molar-refractivity contribution in [2.75, 3.05) is 0 Å². The Balaban J connectivity index is 2.18. The Bertz CT molecular complexity index is 294. The lowest BCUT2D eigenvalue weighted by molar-refractivity contribution is 0.564. The third-order valence-electron chi connectivity index (χ3n) is 2.44. The van der Waals surface area contributed by atoms with Gasteiger partial charge in [-0.25, -0.2) is 4.98 Å². The number of thiazole rings is 1. The van der Waals surface area contributed by atoms with E-state index in [1.807, 2.05) is 13.0 Å². The number of nitrogens with zero attached hydrogens (tertiary/aromatic N) is 1. The second-order valence-electron chi connectivity index (χ2n) is 3.82. The summed E-state index contributed by atoms with van der Waals surface area (Å²) in [5.41, 5.74) is 7.10. The van der Waals surface area contributed by atoms with Crippen LogP contribution in [0.25, 0.3) is 0 Å². The molecule has 2 N–H and O–H groups in total. The Hall–Kier alpha value is -0.670. The second kappa shape index (κ2) is 6.75. The first kappa shape index (κ1) is 12.4. The van der Waals surface area contributed by atoms with Crippen LogP contribution in [0.4, 0.5) is 0 Å². The van der Waals surface area contributed by atoms with Crippen molar-refractivity contribution in [3.63, 3.8) is 0 Å². The Kier molecular flexibility index (Phi) is 5.58. The second-order valence-corrected chi connectivity index (χ2v) is 4.89. The molecule has 0 aliphatic carbocycles.